The Morgan fingerprint density at radius 2 is 2.40 bits per heavy atom. The lowest BCUT2D eigenvalue weighted by Crippen LogP contribution is -2.27. The topological polar surface area (TPSA) is 113 Å². The van der Waals surface area contributed by atoms with Crippen LogP contribution in [0, 0.1) is 0 Å². The number of thioether (sulfide) groups is 1. The van der Waals surface area contributed by atoms with Crippen molar-refractivity contribution in [2.45, 2.75) is 11.6 Å². The minimum Gasteiger partial charge on any atom is -0.385 e. The molecule has 0 bridgehead atoms. The summed E-state index contributed by atoms with van der Waals surface area (Å²) >= 11 is 1.16. The number of nitrogens with one attached hydrogen (secondary N) is 3. The van der Waals surface area contributed by atoms with E-state index in [0.29, 0.717) is 29.5 Å². The summed E-state index contributed by atoms with van der Waals surface area (Å²) in [7, 11) is 1.62. The molecule has 0 fully saturated rings. The van der Waals surface area contributed by atoms with Crippen LogP contribution in [0.2, 0.25) is 0 Å². The molecule has 0 atom stereocenters. The molecule has 0 radical (unpaired) electrons. The maximum Gasteiger partial charge on any atom is 0.277 e. The monoisotopic (exact) mass is 297 g/mol. The molecular formula is C11H15N5O3S. The van der Waals surface area contributed by atoms with Crippen LogP contribution in [0.1, 0.15) is 6.42 Å². The molecule has 2 heterocycles. The Bertz CT molecular complexity index is 638. The van der Waals surface area contributed by atoms with Gasteiger partial charge in [-0.3, -0.25) is 14.6 Å². The average Bonchev–Trinajstić information content (AvgIpc) is 2.90. The fourth-order valence-corrected chi connectivity index (χ4v) is 2.21. The second-order valence-electron chi connectivity index (χ2n) is 3.96. The van der Waals surface area contributed by atoms with E-state index in [1.165, 1.54) is 6.33 Å². The van der Waals surface area contributed by atoms with Gasteiger partial charge in [0.25, 0.3) is 5.56 Å². The molecule has 2 aromatic rings. The first kappa shape index (κ1) is 14.5. The summed E-state index contributed by atoms with van der Waals surface area (Å²) in [6.45, 7) is 1.17. The number of methoxy groups -OCH3 is 1. The molecule has 0 aliphatic rings. The number of nitrogens with zero attached hydrogens (tertiary/aromatic N) is 2. The molecule has 0 aliphatic heterocycles. The molecule has 3 N–H and O–H groups in total. The summed E-state index contributed by atoms with van der Waals surface area (Å²) in [5, 5.41) is 3.13. The molecule has 8 nitrogen and oxygen atoms in total. The average molecular weight is 297 g/mol. The zero-order valence-corrected chi connectivity index (χ0v) is 11.7. The molecule has 108 valence electrons. The molecule has 0 spiro atoms. The predicted octanol–water partition coefficient (Wildman–Crippen LogP) is -0.109. The smallest absolute Gasteiger partial charge is 0.277 e. The van der Waals surface area contributed by atoms with Crippen LogP contribution in [-0.4, -0.2) is 51.9 Å². The summed E-state index contributed by atoms with van der Waals surface area (Å²) < 4.78 is 4.88. The summed E-state index contributed by atoms with van der Waals surface area (Å²) in [5.74, 6) is 0.0714. The quantitative estimate of drug-likeness (QED) is 0.373. The van der Waals surface area contributed by atoms with Crippen LogP contribution in [0.4, 0.5) is 0 Å². The van der Waals surface area contributed by atoms with Gasteiger partial charge in [-0.05, 0) is 6.42 Å². The number of ether oxygens (including phenoxy) is 1. The Kier molecular flexibility index (Phi) is 5.13. The van der Waals surface area contributed by atoms with Gasteiger partial charge in [-0.2, -0.15) is 0 Å². The van der Waals surface area contributed by atoms with Gasteiger partial charge in [0.1, 0.15) is 0 Å². The molecule has 0 saturated heterocycles. The fourth-order valence-electron chi connectivity index (χ4n) is 1.52. The number of H-pyrrole nitrogens is 2. The third-order valence-electron chi connectivity index (χ3n) is 2.46. The van der Waals surface area contributed by atoms with Gasteiger partial charge in [-0.1, -0.05) is 11.8 Å². The molecule has 20 heavy (non-hydrogen) atoms. The van der Waals surface area contributed by atoms with E-state index in [2.05, 4.69) is 25.3 Å². The van der Waals surface area contributed by atoms with Crippen molar-refractivity contribution in [3.8, 4) is 0 Å². The van der Waals surface area contributed by atoms with Gasteiger partial charge in [0, 0.05) is 20.3 Å². The summed E-state index contributed by atoms with van der Waals surface area (Å²) in [6, 6.07) is 0. The van der Waals surface area contributed by atoms with Crippen LogP contribution < -0.4 is 10.9 Å². The van der Waals surface area contributed by atoms with Gasteiger partial charge in [-0.25, -0.2) is 9.97 Å². The molecular weight excluding hydrogens is 282 g/mol. The molecule has 9 heteroatoms. The minimum absolute atomic E-state index is 0.115. The first-order chi connectivity index (χ1) is 9.70. The van der Waals surface area contributed by atoms with Crippen molar-refractivity contribution in [3.05, 3.63) is 16.7 Å². The highest BCUT2D eigenvalue weighted by Crippen LogP contribution is 2.12. The second kappa shape index (κ2) is 7.06. The second-order valence-corrected chi connectivity index (χ2v) is 4.92. The van der Waals surface area contributed by atoms with Crippen molar-refractivity contribution in [2.24, 2.45) is 0 Å². The maximum atomic E-state index is 11.7. The number of aromatic amines is 2. The van der Waals surface area contributed by atoms with Crippen molar-refractivity contribution in [2.75, 3.05) is 26.0 Å². The van der Waals surface area contributed by atoms with Crippen molar-refractivity contribution < 1.29 is 9.53 Å². The number of imidazole rings is 1. The normalized spacial score (nSPS) is 10.8. The van der Waals surface area contributed by atoms with E-state index in [1.807, 2.05) is 0 Å². The lowest BCUT2D eigenvalue weighted by atomic mass is 10.4. The number of carbonyl (C=O) groups is 1. The summed E-state index contributed by atoms with van der Waals surface area (Å²) in [5.41, 5.74) is 0.380. The molecule has 0 aliphatic carbocycles. The van der Waals surface area contributed by atoms with E-state index >= 15 is 0 Å². The van der Waals surface area contributed by atoms with Crippen LogP contribution in [0.3, 0.4) is 0 Å². The summed E-state index contributed by atoms with van der Waals surface area (Å²) in [6.07, 6.45) is 2.17. The predicted molar refractivity (Wildman–Crippen MR) is 74.7 cm³/mol. The summed E-state index contributed by atoms with van der Waals surface area (Å²) in [4.78, 5) is 36.6. The molecule has 2 aromatic heterocycles. The van der Waals surface area contributed by atoms with Crippen molar-refractivity contribution in [1.29, 1.82) is 0 Å². The SMILES string of the molecule is COCCCNC(=O)CSc1nc2nc[nH]c2c(=O)[nH]1. The fraction of sp³-hybridized carbons (Fsp3) is 0.455. The highest BCUT2D eigenvalue weighted by Gasteiger charge is 2.08. The van der Waals surface area contributed by atoms with Gasteiger partial charge < -0.3 is 15.0 Å². The van der Waals surface area contributed by atoms with Gasteiger partial charge in [0.2, 0.25) is 5.91 Å². The minimum atomic E-state index is -0.296. The molecule has 2 rings (SSSR count). The number of fused-ring (bicyclic) bond motifs is 1. The maximum absolute atomic E-state index is 11.7. The van der Waals surface area contributed by atoms with Crippen molar-refractivity contribution in [3.63, 3.8) is 0 Å². The Morgan fingerprint density at radius 1 is 1.55 bits per heavy atom. The zero-order valence-electron chi connectivity index (χ0n) is 10.9. The molecule has 0 aromatic carbocycles. The van der Waals surface area contributed by atoms with Crippen LogP contribution in [0.15, 0.2) is 16.3 Å². The lowest BCUT2D eigenvalue weighted by Gasteiger charge is -2.04. The van der Waals surface area contributed by atoms with Gasteiger partial charge in [0.05, 0.1) is 12.1 Å². The van der Waals surface area contributed by atoms with Gasteiger partial charge in [0.15, 0.2) is 16.3 Å². The van der Waals surface area contributed by atoms with E-state index in [4.69, 9.17) is 4.74 Å². The Labute approximate surface area is 118 Å². The third kappa shape index (κ3) is 3.81. The molecule has 0 saturated carbocycles. The molecule has 0 unspecified atom stereocenters. The zero-order chi connectivity index (χ0) is 14.4. The number of hydrogen-bond donors (Lipinski definition) is 3. The number of carbonyl (C=O) groups excluding carboxylic acids is 1. The van der Waals surface area contributed by atoms with E-state index in [-0.39, 0.29) is 17.2 Å². The Hall–Kier alpha value is -1.87. The number of hydrogen-bond acceptors (Lipinski definition) is 6. The number of aromatic nitrogens is 4. The largest absolute Gasteiger partial charge is 0.385 e. The first-order valence-electron chi connectivity index (χ1n) is 6.02. The van der Waals surface area contributed by atoms with E-state index in [9.17, 15) is 9.59 Å². The standard InChI is InChI=1S/C11H15N5O3S/c1-19-4-2-3-12-7(17)5-20-11-15-9-8(10(18)16-11)13-6-14-9/h6H,2-5H2,1H3,(H,12,17)(H2,13,14,15,16,18). The third-order valence-corrected chi connectivity index (χ3v) is 3.34. The number of amides is 1. The van der Waals surface area contributed by atoms with Crippen molar-refractivity contribution >= 4 is 28.8 Å². The van der Waals surface area contributed by atoms with E-state index in [0.717, 1.165) is 18.2 Å². The van der Waals surface area contributed by atoms with E-state index in [1.54, 1.807) is 7.11 Å². The number of rotatable bonds is 7. The highest BCUT2D eigenvalue weighted by atomic mass is 32.2. The first-order valence-corrected chi connectivity index (χ1v) is 7.01. The van der Waals surface area contributed by atoms with Crippen LogP contribution in [0.5, 0.6) is 0 Å². The van der Waals surface area contributed by atoms with Crippen LogP contribution in [0.25, 0.3) is 11.2 Å². The Morgan fingerprint density at radius 3 is 3.20 bits per heavy atom. The van der Waals surface area contributed by atoms with Crippen molar-refractivity contribution in [1.82, 2.24) is 25.3 Å². The van der Waals surface area contributed by atoms with Gasteiger partial charge in [-0.15, -0.1) is 0 Å². The Balaban J connectivity index is 1.86. The molecule has 1 amide bonds. The van der Waals surface area contributed by atoms with E-state index < -0.39 is 0 Å². The van der Waals surface area contributed by atoms with Crippen LogP contribution >= 0.6 is 11.8 Å². The van der Waals surface area contributed by atoms with Crippen LogP contribution in [-0.2, 0) is 9.53 Å². The van der Waals surface area contributed by atoms with Gasteiger partial charge >= 0.3 is 0 Å². The lowest BCUT2D eigenvalue weighted by molar-refractivity contribution is -0.118. The highest BCUT2D eigenvalue weighted by molar-refractivity contribution is 7.99.